The molecule has 0 radical (unpaired) electrons. The zero-order valence-electron chi connectivity index (χ0n) is 9.59. The summed E-state index contributed by atoms with van der Waals surface area (Å²) in [6.45, 7) is 6.05. The highest BCUT2D eigenvalue weighted by atomic mass is 16.6. The van der Waals surface area contributed by atoms with Crippen LogP contribution in [-0.4, -0.2) is 24.6 Å². The smallest absolute Gasteiger partial charge is 0.311 e. The van der Waals surface area contributed by atoms with Crippen LogP contribution in [0.1, 0.15) is 6.92 Å². The maximum absolute atomic E-state index is 11.9. The number of carbonyl (C=O) groups is 2. The lowest BCUT2D eigenvalue weighted by Crippen LogP contribution is -2.37. The van der Waals surface area contributed by atoms with Gasteiger partial charge in [-0.25, -0.2) is 0 Å². The average molecular weight is 234 g/mol. The first-order valence-corrected chi connectivity index (χ1v) is 5.81. The van der Waals surface area contributed by atoms with Crippen LogP contribution in [0.25, 0.3) is 0 Å². The quantitative estimate of drug-likeness (QED) is 0.503. The molecule has 0 aromatic heterocycles. The van der Waals surface area contributed by atoms with Crippen LogP contribution in [0.3, 0.4) is 0 Å². The zero-order chi connectivity index (χ0) is 12.2. The Labute approximate surface area is 99.3 Å². The van der Waals surface area contributed by atoms with Crippen LogP contribution in [0.2, 0.25) is 0 Å². The number of ether oxygens (including phenoxy) is 2. The minimum absolute atomic E-state index is 0.0415. The summed E-state index contributed by atoms with van der Waals surface area (Å²) >= 11 is 0. The van der Waals surface area contributed by atoms with Crippen LogP contribution in [-0.2, 0) is 19.1 Å². The highest BCUT2D eigenvalue weighted by molar-refractivity contribution is 5.86. The third-order valence-corrected chi connectivity index (χ3v) is 4.09. The summed E-state index contributed by atoms with van der Waals surface area (Å²) in [4.78, 5) is 23.6. The highest BCUT2D eigenvalue weighted by Gasteiger charge is 2.57. The van der Waals surface area contributed by atoms with Crippen molar-refractivity contribution in [3.8, 4) is 0 Å². The Morgan fingerprint density at radius 2 is 2.12 bits per heavy atom. The van der Waals surface area contributed by atoms with Crippen molar-refractivity contribution in [3.05, 3.63) is 24.3 Å². The Morgan fingerprint density at radius 1 is 1.35 bits per heavy atom. The van der Waals surface area contributed by atoms with Gasteiger partial charge in [-0.15, -0.1) is 0 Å². The van der Waals surface area contributed by atoms with E-state index in [0.717, 1.165) is 5.57 Å². The van der Waals surface area contributed by atoms with Gasteiger partial charge in [-0.3, -0.25) is 9.59 Å². The molecule has 0 N–H and O–H groups in total. The molecule has 0 spiro atoms. The van der Waals surface area contributed by atoms with Gasteiger partial charge in [0.15, 0.2) is 0 Å². The molecule has 1 unspecified atom stereocenters. The molecule has 90 valence electrons. The third-order valence-electron chi connectivity index (χ3n) is 4.09. The van der Waals surface area contributed by atoms with Crippen LogP contribution in [0.15, 0.2) is 24.3 Å². The lowest BCUT2D eigenvalue weighted by Gasteiger charge is -2.29. The Hall–Kier alpha value is -1.58. The van der Waals surface area contributed by atoms with Crippen LogP contribution in [0.4, 0.5) is 0 Å². The number of esters is 2. The molecular weight excluding hydrogens is 220 g/mol. The first-order valence-electron chi connectivity index (χ1n) is 5.81. The van der Waals surface area contributed by atoms with Crippen LogP contribution in [0.5, 0.6) is 0 Å². The second-order valence-electron chi connectivity index (χ2n) is 4.91. The van der Waals surface area contributed by atoms with E-state index in [1.807, 2.05) is 13.0 Å². The van der Waals surface area contributed by atoms with Gasteiger partial charge in [0.05, 0.1) is 18.4 Å². The normalized spacial score (nSPS) is 43.4. The molecule has 0 amide bonds. The Bertz CT molecular complexity index is 437. The predicted molar refractivity (Wildman–Crippen MR) is 58.8 cm³/mol. The molecule has 1 aliphatic carbocycles. The van der Waals surface area contributed by atoms with Gasteiger partial charge < -0.3 is 9.47 Å². The molecule has 5 atom stereocenters. The number of carbonyl (C=O) groups excluding carboxylic acids is 2. The standard InChI is InChI=1S/C13H14O4/c1-3-9-7-4-6(2)8-5-16-12(14)11(8)10(7)13(15)17-9/h3-4,7-11H,1,5H2,2H3/t7-,8-,9-,10?,11-/m0/s1. The molecule has 2 fully saturated rings. The van der Waals surface area contributed by atoms with E-state index in [1.165, 1.54) is 0 Å². The minimum atomic E-state index is -0.387. The van der Waals surface area contributed by atoms with Gasteiger partial charge in [0.1, 0.15) is 6.10 Å². The van der Waals surface area contributed by atoms with Gasteiger partial charge in [0.2, 0.25) is 0 Å². The van der Waals surface area contributed by atoms with Gasteiger partial charge in [0.25, 0.3) is 0 Å². The maximum Gasteiger partial charge on any atom is 0.311 e. The fraction of sp³-hybridized carbons (Fsp3) is 0.538. The van der Waals surface area contributed by atoms with Crippen molar-refractivity contribution in [1.29, 1.82) is 0 Å². The topological polar surface area (TPSA) is 52.6 Å². The molecule has 2 heterocycles. The Morgan fingerprint density at radius 3 is 2.82 bits per heavy atom. The van der Waals surface area contributed by atoms with Crippen LogP contribution < -0.4 is 0 Å². The lowest BCUT2D eigenvalue weighted by molar-refractivity contribution is -0.150. The van der Waals surface area contributed by atoms with E-state index in [-0.39, 0.29) is 41.7 Å². The summed E-state index contributed by atoms with van der Waals surface area (Å²) < 4.78 is 10.3. The number of cyclic esters (lactones) is 2. The van der Waals surface area contributed by atoms with Crippen molar-refractivity contribution in [1.82, 2.24) is 0 Å². The van der Waals surface area contributed by atoms with Crippen molar-refractivity contribution in [2.75, 3.05) is 6.61 Å². The second kappa shape index (κ2) is 3.45. The van der Waals surface area contributed by atoms with E-state index in [2.05, 4.69) is 6.58 Å². The second-order valence-corrected chi connectivity index (χ2v) is 4.91. The van der Waals surface area contributed by atoms with E-state index in [1.54, 1.807) is 6.08 Å². The molecule has 0 aromatic carbocycles. The van der Waals surface area contributed by atoms with E-state index >= 15 is 0 Å². The number of rotatable bonds is 1. The molecule has 17 heavy (non-hydrogen) atoms. The van der Waals surface area contributed by atoms with Gasteiger partial charge >= 0.3 is 11.9 Å². The minimum Gasteiger partial charge on any atom is -0.465 e. The van der Waals surface area contributed by atoms with Gasteiger partial charge in [-0.05, 0) is 6.92 Å². The Balaban J connectivity index is 2.05. The Kier molecular flexibility index (Phi) is 2.15. The van der Waals surface area contributed by atoms with E-state index in [9.17, 15) is 9.59 Å². The summed E-state index contributed by atoms with van der Waals surface area (Å²) in [5.41, 5.74) is 1.12. The number of fused-ring (bicyclic) bond motifs is 3. The molecule has 3 aliphatic rings. The maximum atomic E-state index is 11.9. The zero-order valence-corrected chi connectivity index (χ0v) is 9.59. The monoisotopic (exact) mass is 234 g/mol. The molecule has 0 bridgehead atoms. The van der Waals surface area contributed by atoms with E-state index in [0.29, 0.717) is 6.61 Å². The number of hydrogen-bond acceptors (Lipinski definition) is 4. The largest absolute Gasteiger partial charge is 0.465 e. The van der Waals surface area contributed by atoms with Gasteiger partial charge in [-0.2, -0.15) is 0 Å². The summed E-state index contributed by atoms with van der Waals surface area (Å²) in [7, 11) is 0. The predicted octanol–water partition coefficient (Wildman–Crippen LogP) is 1.08. The first-order chi connectivity index (χ1) is 8.13. The molecule has 2 saturated heterocycles. The highest BCUT2D eigenvalue weighted by Crippen LogP contribution is 2.47. The van der Waals surface area contributed by atoms with Crippen molar-refractivity contribution >= 4 is 11.9 Å². The summed E-state index contributed by atoms with van der Waals surface area (Å²) in [5, 5.41) is 0. The summed E-state index contributed by atoms with van der Waals surface area (Å²) in [5.74, 6) is -1.33. The molecule has 2 aliphatic heterocycles. The summed E-state index contributed by atoms with van der Waals surface area (Å²) in [6, 6.07) is 0. The average Bonchev–Trinajstić information content (AvgIpc) is 2.81. The van der Waals surface area contributed by atoms with Crippen molar-refractivity contribution in [3.63, 3.8) is 0 Å². The SMILES string of the molecule is C=C[C@@H]1OC(=O)C2[C@H]1C=C(C)[C@@H]1COC(=O)[C@H]21. The molecule has 3 rings (SSSR count). The van der Waals surface area contributed by atoms with E-state index < -0.39 is 0 Å². The molecule has 0 saturated carbocycles. The van der Waals surface area contributed by atoms with Crippen molar-refractivity contribution in [2.24, 2.45) is 23.7 Å². The first kappa shape index (κ1) is 10.6. The lowest BCUT2D eigenvalue weighted by atomic mass is 9.68. The molecule has 0 aromatic rings. The van der Waals surface area contributed by atoms with Crippen molar-refractivity contribution in [2.45, 2.75) is 13.0 Å². The molecular formula is C13H14O4. The fourth-order valence-electron chi connectivity index (χ4n) is 3.22. The fourth-order valence-corrected chi connectivity index (χ4v) is 3.22. The molecule has 4 nitrogen and oxygen atoms in total. The van der Waals surface area contributed by atoms with E-state index in [4.69, 9.17) is 9.47 Å². The third kappa shape index (κ3) is 1.30. The number of hydrogen-bond donors (Lipinski definition) is 0. The van der Waals surface area contributed by atoms with Crippen LogP contribution >= 0.6 is 0 Å². The van der Waals surface area contributed by atoms with Gasteiger partial charge in [-0.1, -0.05) is 24.3 Å². The molecule has 4 heteroatoms. The summed E-state index contributed by atoms with van der Waals surface area (Å²) in [6.07, 6.45) is 3.37. The van der Waals surface area contributed by atoms with Crippen LogP contribution in [0, 0.1) is 23.7 Å². The van der Waals surface area contributed by atoms with Gasteiger partial charge in [0, 0.05) is 11.8 Å². The van der Waals surface area contributed by atoms with Crippen molar-refractivity contribution < 1.29 is 19.1 Å².